The second kappa shape index (κ2) is 6.40. The zero-order valence-electron chi connectivity index (χ0n) is 15.2. The average molecular weight is 323 g/mol. The number of rotatable bonds is 4. The Bertz CT molecular complexity index is 715. The summed E-state index contributed by atoms with van der Waals surface area (Å²) in [5.41, 5.74) is 1.56. The highest BCUT2D eigenvalue weighted by atomic mass is 16.5. The molecule has 5 rings (SSSR count). The minimum absolute atomic E-state index is 0.742. The standard InChI is InChI=1S/C22H29NO/c1-23(2)14-21-15-4-6-16(7-5-15)22(21)19-9-8-18-13-20(24-3)11-10-17(18)12-19/h8-13,15-16,21-22H,4-7,14H2,1-3H3. The Labute approximate surface area is 145 Å². The molecule has 2 bridgehead atoms. The van der Waals surface area contributed by atoms with E-state index < -0.39 is 0 Å². The lowest BCUT2D eigenvalue weighted by Gasteiger charge is -2.50. The molecule has 2 unspecified atom stereocenters. The smallest absolute Gasteiger partial charge is 0.119 e. The van der Waals surface area contributed by atoms with E-state index in [0.717, 1.165) is 29.4 Å². The van der Waals surface area contributed by atoms with Crippen LogP contribution in [0.25, 0.3) is 10.8 Å². The molecule has 0 radical (unpaired) electrons. The molecule has 0 N–H and O–H groups in total. The maximum atomic E-state index is 5.36. The van der Waals surface area contributed by atoms with Gasteiger partial charge in [0.05, 0.1) is 7.11 Å². The van der Waals surface area contributed by atoms with Crippen molar-refractivity contribution in [2.75, 3.05) is 27.7 Å². The average Bonchev–Trinajstić information content (AvgIpc) is 2.61. The molecule has 2 atom stereocenters. The molecule has 3 aliphatic carbocycles. The number of hydrogen-bond donors (Lipinski definition) is 0. The summed E-state index contributed by atoms with van der Waals surface area (Å²) in [6.07, 6.45) is 5.76. The van der Waals surface area contributed by atoms with Crippen LogP contribution in [0.4, 0.5) is 0 Å². The van der Waals surface area contributed by atoms with Gasteiger partial charge in [0.1, 0.15) is 5.75 Å². The van der Waals surface area contributed by atoms with Gasteiger partial charge in [0, 0.05) is 6.54 Å². The van der Waals surface area contributed by atoms with Crippen LogP contribution in [0.15, 0.2) is 36.4 Å². The van der Waals surface area contributed by atoms with E-state index in [1.165, 1.54) is 43.0 Å². The first kappa shape index (κ1) is 16.0. The zero-order chi connectivity index (χ0) is 16.7. The van der Waals surface area contributed by atoms with Crippen molar-refractivity contribution in [2.45, 2.75) is 31.6 Å². The topological polar surface area (TPSA) is 12.5 Å². The Morgan fingerprint density at radius 3 is 2.29 bits per heavy atom. The van der Waals surface area contributed by atoms with Crippen LogP contribution in [0.5, 0.6) is 5.75 Å². The van der Waals surface area contributed by atoms with E-state index in [0.29, 0.717) is 0 Å². The van der Waals surface area contributed by atoms with Gasteiger partial charge in [0.2, 0.25) is 0 Å². The first-order chi connectivity index (χ1) is 11.7. The van der Waals surface area contributed by atoms with Gasteiger partial charge in [0.15, 0.2) is 0 Å². The molecule has 3 aliphatic rings. The number of nitrogens with zero attached hydrogens (tertiary/aromatic N) is 1. The molecule has 0 saturated heterocycles. The molecule has 0 aromatic heterocycles. The number of benzene rings is 2. The van der Waals surface area contributed by atoms with Crippen molar-refractivity contribution < 1.29 is 4.74 Å². The summed E-state index contributed by atoms with van der Waals surface area (Å²) in [4.78, 5) is 2.39. The molecule has 2 nitrogen and oxygen atoms in total. The Balaban J connectivity index is 1.71. The molecular formula is C22H29NO. The van der Waals surface area contributed by atoms with Gasteiger partial charge in [-0.05, 0) is 91.9 Å². The fourth-order valence-corrected chi connectivity index (χ4v) is 5.36. The molecule has 2 heteroatoms. The Kier molecular flexibility index (Phi) is 4.26. The van der Waals surface area contributed by atoms with Crippen LogP contribution < -0.4 is 4.74 Å². The molecular weight excluding hydrogens is 294 g/mol. The molecule has 0 heterocycles. The van der Waals surface area contributed by atoms with Crippen molar-refractivity contribution in [1.29, 1.82) is 0 Å². The monoisotopic (exact) mass is 323 g/mol. The van der Waals surface area contributed by atoms with Gasteiger partial charge < -0.3 is 9.64 Å². The number of hydrogen-bond acceptors (Lipinski definition) is 2. The number of ether oxygens (including phenoxy) is 1. The summed E-state index contributed by atoms with van der Waals surface area (Å²) >= 11 is 0. The third kappa shape index (κ3) is 2.82. The van der Waals surface area contributed by atoms with E-state index in [1.54, 1.807) is 12.7 Å². The summed E-state index contributed by atoms with van der Waals surface area (Å²) in [5.74, 6) is 4.32. The van der Waals surface area contributed by atoms with Crippen molar-refractivity contribution in [3.63, 3.8) is 0 Å². The largest absolute Gasteiger partial charge is 0.497 e. The van der Waals surface area contributed by atoms with Crippen molar-refractivity contribution in [1.82, 2.24) is 4.90 Å². The predicted molar refractivity (Wildman–Crippen MR) is 101 cm³/mol. The van der Waals surface area contributed by atoms with E-state index in [4.69, 9.17) is 4.74 Å². The zero-order valence-corrected chi connectivity index (χ0v) is 15.2. The fraction of sp³-hybridized carbons (Fsp3) is 0.545. The van der Waals surface area contributed by atoms with Crippen molar-refractivity contribution in [3.05, 3.63) is 42.0 Å². The van der Waals surface area contributed by atoms with Gasteiger partial charge in [-0.3, -0.25) is 0 Å². The van der Waals surface area contributed by atoms with Gasteiger partial charge in [-0.15, -0.1) is 0 Å². The Morgan fingerprint density at radius 1 is 0.917 bits per heavy atom. The van der Waals surface area contributed by atoms with E-state index >= 15 is 0 Å². The highest BCUT2D eigenvalue weighted by molar-refractivity contribution is 5.84. The van der Waals surface area contributed by atoms with Crippen molar-refractivity contribution in [3.8, 4) is 5.75 Å². The van der Waals surface area contributed by atoms with Gasteiger partial charge in [-0.1, -0.05) is 24.3 Å². The maximum absolute atomic E-state index is 5.36. The van der Waals surface area contributed by atoms with E-state index in [2.05, 4.69) is 55.4 Å². The van der Waals surface area contributed by atoms with Crippen molar-refractivity contribution in [2.24, 2.45) is 17.8 Å². The third-order valence-electron chi connectivity index (χ3n) is 6.42. The summed E-state index contributed by atoms with van der Waals surface area (Å²) in [7, 11) is 6.19. The Morgan fingerprint density at radius 2 is 1.58 bits per heavy atom. The minimum atomic E-state index is 0.742. The molecule has 0 spiro atoms. The molecule has 2 aromatic rings. The summed E-state index contributed by atoms with van der Waals surface area (Å²) in [6, 6.07) is 13.6. The van der Waals surface area contributed by atoms with Crippen LogP contribution in [-0.2, 0) is 0 Å². The minimum Gasteiger partial charge on any atom is -0.497 e. The van der Waals surface area contributed by atoms with Crippen molar-refractivity contribution >= 4 is 10.8 Å². The van der Waals surface area contributed by atoms with Crippen LogP contribution in [0, 0.1) is 17.8 Å². The lowest BCUT2D eigenvalue weighted by molar-refractivity contribution is 0.0507. The molecule has 128 valence electrons. The maximum Gasteiger partial charge on any atom is 0.119 e. The summed E-state index contributed by atoms with van der Waals surface area (Å²) in [5, 5.41) is 2.63. The lowest BCUT2D eigenvalue weighted by Crippen LogP contribution is -2.43. The molecule has 0 amide bonds. The summed E-state index contributed by atoms with van der Waals surface area (Å²) in [6.45, 7) is 1.23. The second-order valence-corrected chi connectivity index (χ2v) is 8.10. The SMILES string of the molecule is COc1ccc2cc(C3C4CCC(CC4)C3CN(C)C)ccc2c1. The number of methoxy groups -OCH3 is 1. The second-order valence-electron chi connectivity index (χ2n) is 8.10. The highest BCUT2D eigenvalue weighted by Gasteiger charge is 2.44. The van der Waals surface area contributed by atoms with E-state index in [9.17, 15) is 0 Å². The van der Waals surface area contributed by atoms with Gasteiger partial charge >= 0.3 is 0 Å². The lowest BCUT2D eigenvalue weighted by atomic mass is 9.56. The third-order valence-corrected chi connectivity index (χ3v) is 6.42. The predicted octanol–water partition coefficient (Wildman–Crippen LogP) is 4.93. The molecule has 0 aliphatic heterocycles. The van der Waals surface area contributed by atoms with Crippen LogP contribution in [0.3, 0.4) is 0 Å². The first-order valence-electron chi connectivity index (χ1n) is 9.38. The van der Waals surface area contributed by atoms with Gasteiger partial charge in [-0.2, -0.15) is 0 Å². The first-order valence-corrected chi connectivity index (χ1v) is 9.38. The van der Waals surface area contributed by atoms with Crippen LogP contribution in [0.2, 0.25) is 0 Å². The van der Waals surface area contributed by atoms with Crippen LogP contribution >= 0.6 is 0 Å². The van der Waals surface area contributed by atoms with Gasteiger partial charge in [-0.25, -0.2) is 0 Å². The fourth-order valence-electron chi connectivity index (χ4n) is 5.36. The molecule has 3 saturated carbocycles. The Hall–Kier alpha value is -1.54. The van der Waals surface area contributed by atoms with Crippen LogP contribution in [0.1, 0.15) is 37.2 Å². The normalized spacial score (nSPS) is 29.3. The van der Waals surface area contributed by atoms with Crippen LogP contribution in [-0.4, -0.2) is 32.6 Å². The van der Waals surface area contributed by atoms with Gasteiger partial charge in [0.25, 0.3) is 0 Å². The molecule has 24 heavy (non-hydrogen) atoms. The molecule has 2 aromatic carbocycles. The highest BCUT2D eigenvalue weighted by Crippen LogP contribution is 2.53. The quantitative estimate of drug-likeness (QED) is 0.791. The molecule has 3 fully saturated rings. The van der Waals surface area contributed by atoms with E-state index in [-0.39, 0.29) is 0 Å². The summed E-state index contributed by atoms with van der Waals surface area (Å²) < 4.78 is 5.36. The number of fused-ring (bicyclic) bond motifs is 4. The van der Waals surface area contributed by atoms with E-state index in [1.807, 2.05) is 0 Å².